The number of methoxy groups -OCH3 is 1. The van der Waals surface area contributed by atoms with Gasteiger partial charge in [-0.15, -0.1) is 11.3 Å². The number of aromatic nitrogens is 1. The molecule has 0 saturated carbocycles. The predicted molar refractivity (Wildman–Crippen MR) is 114 cm³/mol. The molecule has 0 fully saturated rings. The molecule has 0 aliphatic carbocycles. The summed E-state index contributed by atoms with van der Waals surface area (Å²) in [5.41, 5.74) is 2.25. The summed E-state index contributed by atoms with van der Waals surface area (Å²) in [6.07, 6.45) is 1.44. The minimum absolute atomic E-state index is 0.101. The molecule has 2 aromatic carbocycles. The smallest absolute Gasteiger partial charge is 0.263 e. The molecule has 2 aromatic heterocycles. The van der Waals surface area contributed by atoms with E-state index in [4.69, 9.17) is 16.3 Å². The van der Waals surface area contributed by atoms with E-state index >= 15 is 0 Å². The van der Waals surface area contributed by atoms with Crippen LogP contribution < -0.4 is 10.1 Å². The molecule has 0 aliphatic rings. The van der Waals surface area contributed by atoms with E-state index in [-0.39, 0.29) is 21.8 Å². The first-order valence-electron chi connectivity index (χ1n) is 8.91. The Morgan fingerprint density at radius 3 is 2.67 bits per heavy atom. The van der Waals surface area contributed by atoms with Crippen molar-refractivity contribution in [1.82, 2.24) is 10.3 Å². The number of hydrogen-bond donors (Lipinski definition) is 1. The highest BCUT2D eigenvalue weighted by atomic mass is 35.5. The Bertz CT molecular complexity index is 1240. The summed E-state index contributed by atoms with van der Waals surface area (Å²) < 4.78 is 33.1. The number of halogens is 3. The third kappa shape index (κ3) is 3.86. The van der Waals surface area contributed by atoms with Crippen LogP contribution >= 0.6 is 22.9 Å². The van der Waals surface area contributed by atoms with E-state index in [0.717, 1.165) is 28.0 Å². The van der Waals surface area contributed by atoms with Crippen LogP contribution in [0.15, 0.2) is 54.7 Å². The average Bonchev–Trinajstić information content (AvgIpc) is 3.10. The van der Waals surface area contributed by atoms with E-state index in [1.165, 1.54) is 25.4 Å². The van der Waals surface area contributed by atoms with Gasteiger partial charge in [0.2, 0.25) is 5.95 Å². The monoisotopic (exact) mass is 444 g/mol. The molecule has 0 saturated heterocycles. The molecule has 0 radical (unpaired) electrons. The van der Waals surface area contributed by atoms with Crippen molar-refractivity contribution in [1.29, 1.82) is 0 Å². The lowest BCUT2D eigenvalue weighted by atomic mass is 10.0. The molecular weight excluding hydrogens is 430 g/mol. The van der Waals surface area contributed by atoms with Crippen LogP contribution in [0.3, 0.4) is 0 Å². The van der Waals surface area contributed by atoms with Crippen LogP contribution in [0.2, 0.25) is 5.02 Å². The molecular formula is C22H15ClF2N2O2S. The van der Waals surface area contributed by atoms with E-state index in [1.807, 2.05) is 12.1 Å². The minimum atomic E-state index is -0.559. The normalized spacial score (nSPS) is 10.9. The number of hydrogen-bond acceptors (Lipinski definition) is 4. The molecule has 0 atom stereocenters. The number of nitrogens with zero attached hydrogens (tertiary/aromatic N) is 1. The maximum Gasteiger partial charge on any atom is 0.263 e. The second-order valence-corrected chi connectivity index (χ2v) is 7.87. The molecule has 2 heterocycles. The van der Waals surface area contributed by atoms with Gasteiger partial charge >= 0.3 is 0 Å². The van der Waals surface area contributed by atoms with Gasteiger partial charge in [-0.25, -0.2) is 9.37 Å². The second kappa shape index (κ2) is 8.38. The molecule has 1 N–H and O–H groups in total. The largest absolute Gasteiger partial charge is 0.496 e. The van der Waals surface area contributed by atoms with Gasteiger partial charge in [0.25, 0.3) is 5.91 Å². The van der Waals surface area contributed by atoms with Gasteiger partial charge in [-0.1, -0.05) is 23.7 Å². The van der Waals surface area contributed by atoms with Gasteiger partial charge in [0.1, 0.15) is 16.4 Å². The molecule has 8 heteroatoms. The quantitative estimate of drug-likeness (QED) is 0.394. The Balaban J connectivity index is 1.59. The zero-order valence-electron chi connectivity index (χ0n) is 15.7. The van der Waals surface area contributed by atoms with Crippen LogP contribution in [-0.4, -0.2) is 18.0 Å². The van der Waals surface area contributed by atoms with Gasteiger partial charge in [0.15, 0.2) is 0 Å². The highest BCUT2D eigenvalue weighted by Crippen LogP contribution is 2.37. The Morgan fingerprint density at radius 2 is 1.97 bits per heavy atom. The van der Waals surface area contributed by atoms with Gasteiger partial charge in [0.05, 0.1) is 12.1 Å². The molecule has 4 nitrogen and oxygen atoms in total. The molecule has 4 aromatic rings. The first-order valence-corrected chi connectivity index (χ1v) is 10.1. The number of benzene rings is 2. The fourth-order valence-electron chi connectivity index (χ4n) is 3.12. The fourth-order valence-corrected chi connectivity index (χ4v) is 4.59. The van der Waals surface area contributed by atoms with Gasteiger partial charge in [-0.2, -0.15) is 4.39 Å². The number of nitrogens with one attached hydrogen (secondary N) is 1. The number of rotatable bonds is 5. The van der Waals surface area contributed by atoms with Crippen molar-refractivity contribution in [3.05, 3.63) is 82.0 Å². The number of ether oxygens (including phenoxy) is 1. The highest BCUT2D eigenvalue weighted by molar-refractivity contribution is 7.21. The van der Waals surface area contributed by atoms with Crippen LogP contribution in [-0.2, 0) is 6.54 Å². The van der Waals surface area contributed by atoms with E-state index in [0.29, 0.717) is 10.4 Å². The molecule has 0 aliphatic heterocycles. The summed E-state index contributed by atoms with van der Waals surface area (Å²) in [4.78, 5) is 16.6. The van der Waals surface area contributed by atoms with Crippen LogP contribution in [0.4, 0.5) is 8.78 Å². The Kier molecular flexibility index (Phi) is 5.65. The SMILES string of the molecule is COc1ccc(-c2ccc(F)nc2)cc1CNC(=O)c1sc2cccc(F)c2c1Cl. The van der Waals surface area contributed by atoms with Crippen molar-refractivity contribution in [3.63, 3.8) is 0 Å². The molecule has 1 amide bonds. The summed E-state index contributed by atoms with van der Waals surface area (Å²) in [5, 5.41) is 3.16. The van der Waals surface area contributed by atoms with Crippen molar-refractivity contribution < 1.29 is 18.3 Å². The lowest BCUT2D eigenvalue weighted by Gasteiger charge is -2.12. The van der Waals surface area contributed by atoms with Gasteiger partial charge in [0, 0.05) is 34.0 Å². The first kappa shape index (κ1) is 20.3. The molecule has 152 valence electrons. The van der Waals surface area contributed by atoms with Crippen molar-refractivity contribution in [2.75, 3.05) is 7.11 Å². The number of pyridine rings is 1. The molecule has 4 rings (SSSR count). The van der Waals surface area contributed by atoms with Gasteiger partial charge in [-0.05, 0) is 42.0 Å². The standard InChI is InChI=1S/C22H15ClF2N2O2S/c1-29-16-7-5-12(13-6-8-18(25)26-10-13)9-14(16)11-27-22(28)21-20(23)19-15(24)3-2-4-17(19)30-21/h2-10H,11H2,1H3,(H,27,28). The minimum Gasteiger partial charge on any atom is -0.496 e. The number of carbonyl (C=O) groups excluding carboxylic acids is 1. The number of fused-ring (bicyclic) bond motifs is 1. The van der Waals surface area contributed by atoms with E-state index in [2.05, 4.69) is 10.3 Å². The summed E-state index contributed by atoms with van der Waals surface area (Å²) in [6.45, 7) is 0.164. The van der Waals surface area contributed by atoms with Crippen molar-refractivity contribution >= 4 is 38.9 Å². The number of amides is 1. The van der Waals surface area contributed by atoms with Crippen LogP contribution in [0.1, 0.15) is 15.2 Å². The Labute approximate surface area is 180 Å². The Hall–Kier alpha value is -3.03. The zero-order valence-corrected chi connectivity index (χ0v) is 17.3. The maximum absolute atomic E-state index is 14.0. The van der Waals surface area contributed by atoms with E-state index < -0.39 is 17.7 Å². The molecule has 0 unspecified atom stereocenters. The first-order chi connectivity index (χ1) is 14.5. The van der Waals surface area contributed by atoms with Crippen LogP contribution in [0, 0.1) is 11.8 Å². The fraction of sp³-hybridized carbons (Fsp3) is 0.0909. The number of carbonyl (C=O) groups is 1. The zero-order chi connectivity index (χ0) is 21.3. The molecule has 0 spiro atoms. The van der Waals surface area contributed by atoms with Crippen molar-refractivity contribution in [2.24, 2.45) is 0 Å². The van der Waals surface area contributed by atoms with Crippen LogP contribution in [0.25, 0.3) is 21.2 Å². The van der Waals surface area contributed by atoms with Gasteiger partial charge < -0.3 is 10.1 Å². The van der Waals surface area contributed by atoms with Crippen molar-refractivity contribution in [2.45, 2.75) is 6.54 Å². The lowest BCUT2D eigenvalue weighted by Crippen LogP contribution is -2.22. The van der Waals surface area contributed by atoms with Crippen LogP contribution in [0.5, 0.6) is 5.75 Å². The molecule has 30 heavy (non-hydrogen) atoms. The third-order valence-corrected chi connectivity index (χ3v) is 6.24. The summed E-state index contributed by atoms with van der Waals surface area (Å²) >= 11 is 7.40. The summed E-state index contributed by atoms with van der Waals surface area (Å²) in [6, 6.07) is 12.9. The van der Waals surface area contributed by atoms with Gasteiger partial charge in [-0.3, -0.25) is 4.79 Å². The lowest BCUT2D eigenvalue weighted by molar-refractivity contribution is 0.0955. The third-order valence-electron chi connectivity index (χ3n) is 4.59. The predicted octanol–water partition coefficient (Wildman–Crippen LogP) is 5.83. The summed E-state index contributed by atoms with van der Waals surface area (Å²) in [5.74, 6) is -0.842. The van der Waals surface area contributed by atoms with E-state index in [1.54, 1.807) is 24.3 Å². The Morgan fingerprint density at radius 1 is 1.17 bits per heavy atom. The topological polar surface area (TPSA) is 51.2 Å². The second-order valence-electron chi connectivity index (χ2n) is 6.44. The maximum atomic E-state index is 14.0. The van der Waals surface area contributed by atoms with E-state index in [9.17, 15) is 13.6 Å². The average molecular weight is 445 g/mol. The number of thiophene rings is 1. The summed E-state index contributed by atoms with van der Waals surface area (Å²) in [7, 11) is 1.53. The van der Waals surface area contributed by atoms with Crippen molar-refractivity contribution in [3.8, 4) is 16.9 Å². The highest BCUT2D eigenvalue weighted by Gasteiger charge is 2.19. The molecule has 0 bridgehead atoms.